The minimum absolute atomic E-state index is 0.00180. The van der Waals surface area contributed by atoms with Crippen LogP contribution in [0.25, 0.3) is 0 Å². The van der Waals surface area contributed by atoms with E-state index in [2.05, 4.69) is 5.10 Å². The minimum atomic E-state index is -4.67. The molecule has 1 atom stereocenters. The van der Waals surface area contributed by atoms with E-state index < -0.39 is 58.6 Å². The molecule has 16 heteroatoms. The molecule has 4 fully saturated rings. The SMILES string of the molecule is O=C(O)c1ccccc1Cn1cc(C(=O)N2CC(COCc3cccc(C4CCC(C(F)(F)F)CC4)c3F)C3(C2)CN(C(=O)C2(C(F)(F)F)CC2)C3)cn1. The summed E-state index contributed by atoms with van der Waals surface area (Å²) in [5.74, 6) is -5.22. The van der Waals surface area contributed by atoms with Crippen molar-refractivity contribution in [3.63, 3.8) is 0 Å². The fourth-order valence-corrected chi connectivity index (χ4v) is 8.53. The lowest BCUT2D eigenvalue weighted by atomic mass is 9.71. The van der Waals surface area contributed by atoms with Crippen molar-refractivity contribution in [2.45, 2.75) is 69.9 Å². The highest BCUT2D eigenvalue weighted by Crippen LogP contribution is 2.60. The molecule has 1 N–H and O–H groups in total. The van der Waals surface area contributed by atoms with Crippen LogP contribution in [0.2, 0.25) is 0 Å². The Morgan fingerprint density at radius 3 is 2.20 bits per heavy atom. The first-order chi connectivity index (χ1) is 25.5. The third-order valence-corrected chi connectivity index (χ3v) is 11.9. The summed E-state index contributed by atoms with van der Waals surface area (Å²) in [6, 6.07) is 11.1. The van der Waals surface area contributed by atoms with Crippen LogP contribution in [0.15, 0.2) is 54.9 Å². The van der Waals surface area contributed by atoms with E-state index in [1.807, 2.05) is 0 Å². The van der Waals surface area contributed by atoms with Gasteiger partial charge in [-0.2, -0.15) is 31.4 Å². The number of carboxylic acid groups (broad SMARTS) is 1. The van der Waals surface area contributed by atoms with Crippen LogP contribution in [0.1, 0.15) is 81.8 Å². The molecule has 9 nitrogen and oxygen atoms in total. The Balaban J connectivity index is 1.04. The summed E-state index contributed by atoms with van der Waals surface area (Å²) < 4.78 is 104. The van der Waals surface area contributed by atoms with E-state index in [0.717, 1.165) is 0 Å². The quantitative estimate of drug-likeness (QED) is 0.222. The van der Waals surface area contributed by atoms with Gasteiger partial charge in [-0.1, -0.05) is 36.4 Å². The van der Waals surface area contributed by atoms with Crippen LogP contribution in [0.5, 0.6) is 0 Å². The second-order valence-corrected chi connectivity index (χ2v) is 15.3. The van der Waals surface area contributed by atoms with Gasteiger partial charge >= 0.3 is 18.3 Å². The molecule has 1 aromatic heterocycles. The number of nitrogens with zero attached hydrogens (tertiary/aromatic N) is 4. The van der Waals surface area contributed by atoms with E-state index in [9.17, 15) is 45.8 Å². The van der Waals surface area contributed by atoms with Crippen molar-refractivity contribution >= 4 is 17.8 Å². The van der Waals surface area contributed by atoms with Crippen LogP contribution in [0.4, 0.5) is 30.7 Å². The van der Waals surface area contributed by atoms with E-state index in [0.29, 0.717) is 11.1 Å². The number of likely N-dealkylation sites (tertiary alicyclic amines) is 2. The monoisotopic (exact) mass is 764 g/mol. The van der Waals surface area contributed by atoms with Gasteiger partial charge in [0.1, 0.15) is 11.2 Å². The normalized spacial score (nSPS) is 23.4. The number of hydrogen-bond acceptors (Lipinski definition) is 5. The number of ether oxygens (including phenoxy) is 1. The number of amides is 2. The number of carbonyl (C=O) groups excluding carboxylic acids is 2. The van der Waals surface area contributed by atoms with Crippen LogP contribution in [0.3, 0.4) is 0 Å². The zero-order valence-electron chi connectivity index (χ0n) is 29.1. The standard InChI is InChI=1S/C38H39F7N4O5/c39-31-25(5-3-7-29(31)23-8-10-27(11-9-23)37(40,41)42)18-54-19-28-17-47(20-35(28)21-48(22-35)34(53)36(12-13-36)38(43,44)45)32(50)26-14-46-49(16-26)15-24-4-1-2-6-30(24)33(51)52/h1-7,14,16,23,27-28H,8-13,15,17-22H2,(H,51,52). The average molecular weight is 765 g/mol. The van der Waals surface area contributed by atoms with Gasteiger partial charge in [0.2, 0.25) is 5.91 Å². The molecule has 0 bridgehead atoms. The van der Waals surface area contributed by atoms with Crippen LogP contribution in [-0.2, 0) is 22.7 Å². The zero-order valence-corrected chi connectivity index (χ0v) is 29.1. The van der Waals surface area contributed by atoms with Gasteiger partial charge in [-0.3, -0.25) is 14.3 Å². The van der Waals surface area contributed by atoms with Crippen molar-refractivity contribution in [1.82, 2.24) is 19.6 Å². The average Bonchev–Trinajstić information content (AvgIpc) is 3.68. The van der Waals surface area contributed by atoms with E-state index in [1.165, 1.54) is 39.0 Å². The third kappa shape index (κ3) is 7.08. The maximum Gasteiger partial charge on any atom is 0.403 e. The Kier molecular flexibility index (Phi) is 9.80. The molecule has 7 rings (SSSR count). The summed E-state index contributed by atoms with van der Waals surface area (Å²) in [7, 11) is 0. The number of alkyl halides is 6. The Bertz CT molecular complexity index is 1910. The van der Waals surface area contributed by atoms with Gasteiger partial charge < -0.3 is 19.6 Å². The molecular weight excluding hydrogens is 725 g/mol. The first-order valence-corrected chi connectivity index (χ1v) is 17.9. The molecule has 54 heavy (non-hydrogen) atoms. The lowest BCUT2D eigenvalue weighted by Crippen LogP contribution is -2.65. The molecular formula is C38H39F7N4O5. The maximum atomic E-state index is 15.7. The van der Waals surface area contributed by atoms with Gasteiger partial charge in [0.25, 0.3) is 5.91 Å². The molecule has 3 aromatic rings. The van der Waals surface area contributed by atoms with E-state index in [-0.39, 0.29) is 107 Å². The van der Waals surface area contributed by atoms with Gasteiger partial charge in [0.05, 0.1) is 43.0 Å². The first kappa shape index (κ1) is 37.8. The van der Waals surface area contributed by atoms with Crippen molar-refractivity contribution in [3.05, 3.63) is 88.5 Å². The summed E-state index contributed by atoms with van der Waals surface area (Å²) in [5, 5.41) is 13.8. The third-order valence-electron chi connectivity index (χ3n) is 11.9. The summed E-state index contributed by atoms with van der Waals surface area (Å²) in [6.45, 7) is 0.142. The molecule has 3 heterocycles. The number of rotatable bonds is 10. The van der Waals surface area contributed by atoms with Gasteiger partial charge in [-0.15, -0.1) is 0 Å². The van der Waals surface area contributed by atoms with Crippen molar-refractivity contribution in [3.8, 4) is 0 Å². The number of hydrogen-bond donors (Lipinski definition) is 1. The summed E-state index contributed by atoms with van der Waals surface area (Å²) in [5.41, 5.74) is -1.82. The summed E-state index contributed by atoms with van der Waals surface area (Å²) in [6.07, 6.45) is -6.39. The lowest BCUT2D eigenvalue weighted by Gasteiger charge is -2.51. The fourth-order valence-electron chi connectivity index (χ4n) is 8.53. The Hall–Kier alpha value is -4.47. The smallest absolute Gasteiger partial charge is 0.403 e. The number of halogens is 7. The number of aromatic nitrogens is 2. The molecule has 2 amide bonds. The molecule has 2 saturated carbocycles. The van der Waals surface area contributed by atoms with Crippen molar-refractivity contribution in [2.24, 2.45) is 22.7 Å². The number of aromatic carboxylic acids is 1. The van der Waals surface area contributed by atoms with Gasteiger partial charge in [0, 0.05) is 49.3 Å². The molecule has 2 aliphatic carbocycles. The molecule has 4 aliphatic rings. The van der Waals surface area contributed by atoms with Crippen molar-refractivity contribution in [2.75, 3.05) is 32.8 Å². The molecule has 2 saturated heterocycles. The Morgan fingerprint density at radius 2 is 1.56 bits per heavy atom. The first-order valence-electron chi connectivity index (χ1n) is 17.9. The van der Waals surface area contributed by atoms with E-state index in [1.54, 1.807) is 30.3 Å². The fraction of sp³-hybridized carbons (Fsp3) is 0.526. The van der Waals surface area contributed by atoms with Crippen LogP contribution in [0, 0.1) is 28.5 Å². The number of benzene rings is 2. The van der Waals surface area contributed by atoms with Crippen molar-refractivity contribution < 1.29 is 55.0 Å². The molecule has 1 spiro atoms. The summed E-state index contributed by atoms with van der Waals surface area (Å²) in [4.78, 5) is 41.2. The van der Waals surface area contributed by atoms with Crippen LogP contribution in [-0.4, -0.2) is 87.6 Å². The maximum absolute atomic E-state index is 15.7. The minimum Gasteiger partial charge on any atom is -0.478 e. The second kappa shape index (κ2) is 14.0. The number of carbonyl (C=O) groups is 3. The molecule has 2 aromatic carbocycles. The molecule has 1 unspecified atom stereocenters. The molecule has 290 valence electrons. The van der Waals surface area contributed by atoms with Crippen LogP contribution >= 0.6 is 0 Å². The summed E-state index contributed by atoms with van der Waals surface area (Å²) >= 11 is 0. The van der Waals surface area contributed by atoms with E-state index in [4.69, 9.17) is 4.74 Å². The Labute approximate surface area is 306 Å². The highest BCUT2D eigenvalue weighted by Gasteiger charge is 2.71. The second-order valence-electron chi connectivity index (χ2n) is 15.3. The topological polar surface area (TPSA) is 105 Å². The predicted molar refractivity (Wildman–Crippen MR) is 178 cm³/mol. The highest BCUT2D eigenvalue weighted by atomic mass is 19.4. The largest absolute Gasteiger partial charge is 0.478 e. The Morgan fingerprint density at radius 1 is 0.889 bits per heavy atom. The van der Waals surface area contributed by atoms with Crippen molar-refractivity contribution in [1.29, 1.82) is 0 Å². The van der Waals surface area contributed by atoms with Gasteiger partial charge in [-0.25, -0.2) is 9.18 Å². The predicted octanol–water partition coefficient (Wildman–Crippen LogP) is 7.06. The van der Waals surface area contributed by atoms with Crippen LogP contribution < -0.4 is 0 Å². The zero-order chi connectivity index (χ0) is 38.6. The van der Waals surface area contributed by atoms with Gasteiger partial charge in [0.15, 0.2) is 0 Å². The van der Waals surface area contributed by atoms with Gasteiger partial charge in [-0.05, 0) is 61.6 Å². The molecule has 0 radical (unpaired) electrons. The highest BCUT2D eigenvalue weighted by molar-refractivity contribution is 5.94. The van der Waals surface area contributed by atoms with E-state index >= 15 is 4.39 Å². The molecule has 2 aliphatic heterocycles. The number of carboxylic acids is 1. The lowest BCUT2D eigenvalue weighted by molar-refractivity contribution is -0.205.